The lowest BCUT2D eigenvalue weighted by Gasteiger charge is -2.46. The molecule has 0 saturated heterocycles. The Hall–Kier alpha value is -0.380. The maximum Gasteiger partial charge on any atom is 0.385 e. The van der Waals surface area contributed by atoms with Gasteiger partial charge in [0.05, 0.1) is 0 Å². The van der Waals surface area contributed by atoms with Gasteiger partial charge in [-0.25, -0.2) is 8.78 Å². The lowest BCUT2D eigenvalue weighted by molar-refractivity contribution is -0.462. The predicted octanol–water partition coefficient (Wildman–Crippen LogP) is 9.54. The predicted molar refractivity (Wildman–Crippen MR) is 80.6 cm³/mol. The highest BCUT2D eigenvalue weighted by atomic mass is 35.5. The van der Waals surface area contributed by atoms with E-state index < -0.39 is 68.4 Å². The summed E-state index contributed by atoms with van der Waals surface area (Å²) in [5.74, 6) is -71.6. The summed E-state index contributed by atoms with van der Waals surface area (Å²) in [6, 6.07) is 0. The summed E-state index contributed by atoms with van der Waals surface area (Å²) in [7, 11) is 0. The van der Waals surface area contributed by atoms with Crippen molar-refractivity contribution < 1.29 is 96.6 Å². The smallest absolute Gasteiger partial charge is 0.211 e. The fraction of sp³-hybridized carbons (Fsp3) is 1.00. The molecule has 26 heteroatoms. The molecule has 0 aromatic rings. The lowest BCUT2D eigenvalue weighted by Crippen LogP contribution is -2.78. The highest BCUT2D eigenvalue weighted by molar-refractivity contribution is 6.33. The van der Waals surface area contributed by atoms with Gasteiger partial charge in [-0.15, -0.1) is 0 Å². The van der Waals surface area contributed by atoms with Crippen LogP contribution in [-0.2, 0) is 0 Å². The van der Waals surface area contributed by atoms with Crippen molar-refractivity contribution in [1.29, 1.82) is 0 Å². The molecule has 0 rings (SSSR count). The highest BCUT2D eigenvalue weighted by Gasteiger charge is 2.98. The molecule has 2 atom stereocenters. The van der Waals surface area contributed by atoms with Gasteiger partial charge in [-0.2, -0.15) is 87.8 Å². The first-order chi connectivity index (χ1) is 15.8. The van der Waals surface area contributed by atoms with Crippen LogP contribution in [0.2, 0.25) is 0 Å². The van der Waals surface area contributed by atoms with Crippen molar-refractivity contribution in [2.75, 3.05) is 0 Å². The van der Waals surface area contributed by atoms with Gasteiger partial charge in [0, 0.05) is 0 Å². The topological polar surface area (TPSA) is 0 Å². The number of alkyl halides is 26. The van der Waals surface area contributed by atoms with Gasteiger partial charge < -0.3 is 0 Å². The van der Waals surface area contributed by atoms with E-state index in [1.54, 1.807) is 0 Å². The minimum atomic E-state index is -9.32. The van der Waals surface area contributed by atoms with Crippen molar-refractivity contribution in [2.45, 2.75) is 68.4 Å². The number of rotatable bonds is 11. The van der Waals surface area contributed by atoms with Gasteiger partial charge >= 0.3 is 68.4 Å². The molecule has 0 heterocycles. The molecule has 0 aromatic carbocycles. The second-order valence-corrected chi connectivity index (χ2v) is 8.73. The van der Waals surface area contributed by atoms with E-state index in [4.69, 9.17) is 0 Å². The van der Waals surface area contributed by atoms with E-state index in [1.807, 2.05) is 0 Å². The van der Waals surface area contributed by atoms with Gasteiger partial charge in [-0.3, -0.25) is 0 Å². The van der Waals surface area contributed by atoms with Crippen LogP contribution in [-0.4, -0.2) is 68.4 Å². The van der Waals surface area contributed by atoms with Crippen molar-refractivity contribution in [1.82, 2.24) is 0 Å². The Morgan fingerprint density at radius 1 is 0.211 bits per heavy atom. The van der Waals surface area contributed by atoms with Crippen LogP contribution in [0.5, 0.6) is 0 Å². The van der Waals surface area contributed by atoms with Crippen LogP contribution in [0.15, 0.2) is 0 Å². The fourth-order valence-corrected chi connectivity index (χ4v) is 2.41. The van der Waals surface area contributed by atoms with Crippen LogP contribution >= 0.6 is 46.4 Å². The first-order valence-corrected chi connectivity index (χ1v) is 9.18. The van der Waals surface area contributed by atoms with Gasteiger partial charge in [-0.05, 0) is 23.2 Å². The van der Waals surface area contributed by atoms with Crippen LogP contribution in [0.1, 0.15) is 0 Å². The van der Waals surface area contributed by atoms with Gasteiger partial charge in [-0.1, -0.05) is 23.2 Å². The summed E-state index contributed by atoms with van der Waals surface area (Å²) in [6.07, 6.45) is 0. The zero-order chi connectivity index (χ0) is 32.0. The summed E-state index contributed by atoms with van der Waals surface area (Å²) in [4.78, 5) is 0. The van der Waals surface area contributed by atoms with Crippen LogP contribution < -0.4 is 0 Å². The molecule has 0 aliphatic carbocycles. The average Bonchev–Trinajstić information content (AvgIpc) is 2.64. The van der Waals surface area contributed by atoms with E-state index >= 15 is 0 Å². The zero-order valence-electron chi connectivity index (χ0n) is 15.8. The minimum absolute atomic E-state index is 3.48. The molecule has 0 unspecified atom stereocenters. The van der Waals surface area contributed by atoms with Crippen molar-refractivity contribution in [3.63, 3.8) is 0 Å². The Bertz CT molecular complexity index is 808. The van der Waals surface area contributed by atoms with E-state index in [9.17, 15) is 96.6 Å². The van der Waals surface area contributed by atoms with Crippen LogP contribution in [0.25, 0.3) is 0 Å². The van der Waals surface area contributed by atoms with Crippen molar-refractivity contribution in [2.24, 2.45) is 0 Å². The van der Waals surface area contributed by atoms with E-state index in [2.05, 4.69) is 46.4 Å². The molecule has 0 aliphatic heterocycles. The minimum Gasteiger partial charge on any atom is -0.211 e. The fourth-order valence-electron chi connectivity index (χ4n) is 1.93. The monoisotopic (exact) mass is 702 g/mol. The van der Waals surface area contributed by atoms with Crippen molar-refractivity contribution in [3.8, 4) is 0 Å². The first kappa shape index (κ1) is 37.6. The Morgan fingerprint density at radius 3 is 0.421 bits per heavy atom. The number of hydrogen-bond acceptors (Lipinski definition) is 0. The second-order valence-electron chi connectivity index (χ2n) is 6.74. The van der Waals surface area contributed by atoms with Gasteiger partial charge in [0.1, 0.15) is 0 Å². The maximum absolute atomic E-state index is 13.6. The Balaban J connectivity index is 7.29. The molecule has 0 amide bonds. The van der Waals surface area contributed by atoms with Gasteiger partial charge in [0.2, 0.25) is 0 Å². The highest BCUT2D eigenvalue weighted by Crippen LogP contribution is 2.68. The molecule has 0 aromatic heterocycles. The van der Waals surface area contributed by atoms with Crippen LogP contribution in [0.3, 0.4) is 0 Å². The SMILES string of the molecule is FC(F)(C(F)(F)C(F)(F)C(F)(F)C(F)(F)[C@](F)(Cl)C(F)(F)Cl)C(F)(F)C(F)(F)C(F)(F)[C@](F)(Cl)C(F)(F)Cl. The molecule has 0 N–H and O–H groups in total. The molecular formula is C12Cl4F22. The average molecular weight is 704 g/mol. The normalized spacial score (nSPS) is 19.7. The summed E-state index contributed by atoms with van der Waals surface area (Å²) in [6.45, 7) is 0. The zero-order valence-corrected chi connectivity index (χ0v) is 18.9. The molecule has 0 bridgehead atoms. The van der Waals surface area contributed by atoms with Crippen molar-refractivity contribution >= 4 is 46.4 Å². The first-order valence-electron chi connectivity index (χ1n) is 7.66. The quantitative estimate of drug-likeness (QED) is 0.149. The summed E-state index contributed by atoms with van der Waals surface area (Å²) < 4.78 is 293. The molecule has 0 spiro atoms. The number of halogens is 26. The molecule has 230 valence electrons. The number of hydrogen-bond donors (Lipinski definition) is 0. The standard InChI is InChI=1S/C12Cl4F22/c13-1(17,11(15,35)36)3(19,20)5(23,24)7(27,28)9(31,32)10(33,34)8(29,30)6(25,26)4(21,22)2(14,18)12(16,37)38/t1-,2-/m1/s1. The van der Waals surface area contributed by atoms with E-state index in [0.29, 0.717) is 0 Å². The van der Waals surface area contributed by atoms with Crippen LogP contribution in [0, 0.1) is 0 Å². The van der Waals surface area contributed by atoms with Gasteiger partial charge in [0.15, 0.2) is 0 Å². The molecule has 0 nitrogen and oxygen atoms in total. The van der Waals surface area contributed by atoms with E-state index in [-0.39, 0.29) is 0 Å². The van der Waals surface area contributed by atoms with E-state index in [0.717, 1.165) is 0 Å². The molecule has 38 heavy (non-hydrogen) atoms. The second kappa shape index (κ2) is 9.06. The molecule has 0 aliphatic rings. The molecule has 0 fully saturated rings. The third kappa shape index (κ3) is 4.39. The Kier molecular flexibility index (Phi) is 8.97. The summed E-state index contributed by atoms with van der Waals surface area (Å²) in [5, 5.41) is -27.9. The van der Waals surface area contributed by atoms with Crippen molar-refractivity contribution in [3.05, 3.63) is 0 Å². The van der Waals surface area contributed by atoms with E-state index in [1.165, 1.54) is 0 Å². The van der Waals surface area contributed by atoms with Crippen LogP contribution in [0.4, 0.5) is 96.6 Å². The Labute approximate surface area is 212 Å². The van der Waals surface area contributed by atoms with Gasteiger partial charge in [0.25, 0.3) is 0 Å². The Morgan fingerprint density at radius 2 is 0.316 bits per heavy atom. The summed E-state index contributed by atoms with van der Waals surface area (Å²) in [5.41, 5.74) is 0. The molecule has 0 radical (unpaired) electrons. The lowest BCUT2D eigenvalue weighted by atomic mass is 9.86. The third-order valence-electron chi connectivity index (χ3n) is 4.26. The summed E-state index contributed by atoms with van der Waals surface area (Å²) >= 11 is 14.0. The molecular weight excluding hydrogens is 704 g/mol. The third-order valence-corrected chi connectivity index (χ3v) is 5.92. The maximum atomic E-state index is 13.6. The largest absolute Gasteiger partial charge is 0.385 e. The molecule has 0 saturated carbocycles.